The van der Waals surface area contributed by atoms with Crippen LogP contribution in [0.5, 0.6) is 0 Å². The van der Waals surface area contributed by atoms with Crippen LogP contribution in [-0.2, 0) is 0 Å². The lowest BCUT2D eigenvalue weighted by Crippen LogP contribution is -1.92. The molecule has 19 heavy (non-hydrogen) atoms. The minimum absolute atomic E-state index is 0.560. The van der Waals surface area contributed by atoms with Gasteiger partial charge >= 0.3 is 0 Å². The van der Waals surface area contributed by atoms with E-state index >= 15 is 0 Å². The average Bonchev–Trinajstić information content (AvgIpc) is 2.47. The molecule has 3 heteroatoms. The van der Waals surface area contributed by atoms with Gasteiger partial charge in [-0.3, -0.25) is 0 Å². The Labute approximate surface area is 121 Å². The fraction of sp³-hybridized carbons (Fsp3) is 0.0625. The molecule has 0 amide bonds. The number of rotatable bonds is 2. The Kier molecular flexibility index (Phi) is 3.41. The van der Waals surface area contributed by atoms with E-state index < -0.39 is 4.84 Å². The number of halogens is 2. The van der Waals surface area contributed by atoms with Crippen molar-refractivity contribution < 1.29 is 0 Å². The molecule has 0 aliphatic rings. The molecule has 0 N–H and O–H groups in total. The van der Waals surface area contributed by atoms with Gasteiger partial charge in [0.2, 0.25) is 0 Å². The zero-order valence-electron chi connectivity index (χ0n) is 10.1. The summed E-state index contributed by atoms with van der Waals surface area (Å²) in [5, 5.41) is 0.997. The summed E-state index contributed by atoms with van der Waals surface area (Å²) >= 11 is 12.2. The Morgan fingerprint density at radius 2 is 1.53 bits per heavy atom. The Hall–Kier alpha value is -1.57. The molecule has 1 aromatic heterocycles. The summed E-state index contributed by atoms with van der Waals surface area (Å²) in [5.74, 6) is 0. The summed E-state index contributed by atoms with van der Waals surface area (Å²) in [7, 11) is 0. The van der Waals surface area contributed by atoms with Crippen LogP contribution in [0.2, 0.25) is 0 Å². The number of pyridine rings is 1. The zero-order chi connectivity index (χ0) is 13.2. The SMILES string of the molecule is ClC(Cl)c1cc(-c2ccccc2)nc2ccccc12. The van der Waals surface area contributed by atoms with Crippen molar-refractivity contribution >= 4 is 34.1 Å². The minimum atomic E-state index is -0.560. The van der Waals surface area contributed by atoms with E-state index in [0.717, 1.165) is 27.7 Å². The number of alkyl halides is 2. The summed E-state index contributed by atoms with van der Waals surface area (Å²) in [6.45, 7) is 0. The molecule has 0 aliphatic carbocycles. The van der Waals surface area contributed by atoms with Crippen LogP contribution in [0.1, 0.15) is 10.4 Å². The van der Waals surface area contributed by atoms with Crippen LogP contribution in [0.25, 0.3) is 22.2 Å². The van der Waals surface area contributed by atoms with Crippen molar-refractivity contribution in [3.63, 3.8) is 0 Å². The molecule has 0 saturated heterocycles. The van der Waals surface area contributed by atoms with Crippen LogP contribution >= 0.6 is 23.2 Å². The van der Waals surface area contributed by atoms with E-state index in [1.165, 1.54) is 0 Å². The highest BCUT2D eigenvalue weighted by atomic mass is 35.5. The maximum Gasteiger partial charge on any atom is 0.133 e. The first-order valence-electron chi connectivity index (χ1n) is 5.99. The van der Waals surface area contributed by atoms with Gasteiger partial charge in [-0.2, -0.15) is 0 Å². The van der Waals surface area contributed by atoms with Gasteiger partial charge in [-0.15, -0.1) is 23.2 Å². The number of benzene rings is 2. The lowest BCUT2D eigenvalue weighted by Gasteiger charge is -2.10. The normalized spacial score (nSPS) is 11.1. The van der Waals surface area contributed by atoms with Gasteiger partial charge in [-0.1, -0.05) is 48.5 Å². The maximum atomic E-state index is 6.08. The van der Waals surface area contributed by atoms with E-state index in [4.69, 9.17) is 23.2 Å². The van der Waals surface area contributed by atoms with Crippen molar-refractivity contribution in [3.05, 3.63) is 66.2 Å². The molecule has 0 aliphatic heterocycles. The monoisotopic (exact) mass is 287 g/mol. The van der Waals surface area contributed by atoms with E-state index in [2.05, 4.69) is 4.98 Å². The van der Waals surface area contributed by atoms with Crippen LogP contribution < -0.4 is 0 Å². The Balaban J connectivity index is 2.28. The Morgan fingerprint density at radius 3 is 2.26 bits per heavy atom. The smallest absolute Gasteiger partial charge is 0.133 e. The van der Waals surface area contributed by atoms with E-state index in [1.807, 2.05) is 60.7 Å². The fourth-order valence-electron chi connectivity index (χ4n) is 2.14. The van der Waals surface area contributed by atoms with E-state index in [0.29, 0.717) is 0 Å². The van der Waals surface area contributed by atoms with E-state index in [1.54, 1.807) is 0 Å². The van der Waals surface area contributed by atoms with Gasteiger partial charge in [0.15, 0.2) is 0 Å². The van der Waals surface area contributed by atoms with Crippen LogP contribution in [0.4, 0.5) is 0 Å². The Bertz CT molecular complexity index is 708. The molecular weight excluding hydrogens is 277 g/mol. The standard InChI is InChI=1S/C16H11Cl2N/c17-16(18)13-10-15(11-6-2-1-3-7-11)19-14-9-5-4-8-12(13)14/h1-10,16H. The average molecular weight is 288 g/mol. The number of para-hydroxylation sites is 1. The minimum Gasteiger partial charge on any atom is -0.248 e. The quantitative estimate of drug-likeness (QED) is 0.577. The lowest BCUT2D eigenvalue weighted by atomic mass is 10.1. The third-order valence-corrected chi connectivity index (χ3v) is 3.52. The molecule has 3 aromatic rings. The lowest BCUT2D eigenvalue weighted by molar-refractivity contribution is 1.32. The second-order valence-corrected chi connectivity index (χ2v) is 5.38. The number of aromatic nitrogens is 1. The first-order valence-corrected chi connectivity index (χ1v) is 6.86. The largest absolute Gasteiger partial charge is 0.248 e. The number of fused-ring (bicyclic) bond motifs is 1. The first-order chi connectivity index (χ1) is 9.25. The highest BCUT2D eigenvalue weighted by molar-refractivity contribution is 6.44. The number of hydrogen-bond acceptors (Lipinski definition) is 1. The molecule has 94 valence electrons. The van der Waals surface area contributed by atoms with Crippen molar-refractivity contribution in [2.45, 2.75) is 4.84 Å². The molecule has 0 spiro atoms. The van der Waals surface area contributed by atoms with Crippen molar-refractivity contribution in [1.29, 1.82) is 0 Å². The summed E-state index contributed by atoms with van der Waals surface area (Å²) in [6.07, 6.45) is 0. The predicted octanol–water partition coefficient (Wildman–Crippen LogP) is 5.38. The maximum absolute atomic E-state index is 6.08. The van der Waals surface area contributed by atoms with Gasteiger partial charge in [-0.05, 0) is 17.7 Å². The van der Waals surface area contributed by atoms with Crippen molar-refractivity contribution in [1.82, 2.24) is 4.98 Å². The van der Waals surface area contributed by atoms with Crippen molar-refractivity contribution in [2.24, 2.45) is 0 Å². The van der Waals surface area contributed by atoms with Crippen LogP contribution in [0, 0.1) is 0 Å². The second-order valence-electron chi connectivity index (χ2n) is 4.28. The van der Waals surface area contributed by atoms with Crippen LogP contribution in [-0.4, -0.2) is 4.98 Å². The Morgan fingerprint density at radius 1 is 0.842 bits per heavy atom. The fourth-order valence-corrected chi connectivity index (χ4v) is 2.50. The van der Waals surface area contributed by atoms with Crippen molar-refractivity contribution in [3.8, 4) is 11.3 Å². The number of nitrogens with zero attached hydrogens (tertiary/aromatic N) is 1. The highest BCUT2D eigenvalue weighted by Gasteiger charge is 2.12. The molecule has 2 aromatic carbocycles. The van der Waals surface area contributed by atoms with Gasteiger partial charge in [0, 0.05) is 10.9 Å². The second kappa shape index (κ2) is 5.20. The van der Waals surface area contributed by atoms with Gasteiger partial charge in [0.1, 0.15) is 4.84 Å². The summed E-state index contributed by atoms with van der Waals surface area (Å²) in [6, 6.07) is 19.9. The molecule has 0 atom stereocenters. The molecule has 1 nitrogen and oxygen atoms in total. The first kappa shape index (κ1) is 12.5. The topological polar surface area (TPSA) is 12.9 Å². The molecule has 0 unspecified atom stereocenters. The molecular formula is C16H11Cl2N. The predicted molar refractivity (Wildman–Crippen MR) is 81.6 cm³/mol. The molecule has 0 saturated carbocycles. The zero-order valence-corrected chi connectivity index (χ0v) is 11.6. The van der Waals surface area contributed by atoms with Gasteiger partial charge in [0.25, 0.3) is 0 Å². The van der Waals surface area contributed by atoms with Crippen molar-refractivity contribution in [2.75, 3.05) is 0 Å². The van der Waals surface area contributed by atoms with Crippen LogP contribution in [0.15, 0.2) is 60.7 Å². The molecule has 0 bridgehead atoms. The van der Waals surface area contributed by atoms with Gasteiger partial charge in [0.05, 0.1) is 11.2 Å². The summed E-state index contributed by atoms with van der Waals surface area (Å²) < 4.78 is 0. The highest BCUT2D eigenvalue weighted by Crippen LogP contribution is 2.33. The molecule has 3 rings (SSSR count). The van der Waals surface area contributed by atoms with E-state index in [-0.39, 0.29) is 0 Å². The summed E-state index contributed by atoms with van der Waals surface area (Å²) in [5.41, 5.74) is 3.75. The van der Waals surface area contributed by atoms with Gasteiger partial charge < -0.3 is 0 Å². The molecule has 1 heterocycles. The third kappa shape index (κ3) is 2.44. The molecule has 0 radical (unpaired) electrons. The third-order valence-electron chi connectivity index (χ3n) is 3.05. The van der Waals surface area contributed by atoms with E-state index in [9.17, 15) is 0 Å². The summed E-state index contributed by atoms with van der Waals surface area (Å²) in [4.78, 5) is 4.11. The number of hydrogen-bond donors (Lipinski definition) is 0. The van der Waals surface area contributed by atoms with Crippen LogP contribution in [0.3, 0.4) is 0 Å². The molecule has 0 fully saturated rings. The van der Waals surface area contributed by atoms with Gasteiger partial charge in [-0.25, -0.2) is 4.98 Å².